The van der Waals surface area contributed by atoms with Crippen LogP contribution in [0.25, 0.3) is 0 Å². The average molecular weight is 165 g/mol. The summed E-state index contributed by atoms with van der Waals surface area (Å²) < 4.78 is 4.58. The second kappa shape index (κ2) is 3.53. The Morgan fingerprint density at radius 2 is 2.67 bits per heavy atom. The van der Waals surface area contributed by atoms with Crippen molar-refractivity contribution >= 4 is 11.7 Å². The molecule has 62 valence electrons. The molecule has 1 aromatic heterocycles. The Kier molecular flexibility index (Phi) is 2.43. The van der Waals surface area contributed by atoms with Gasteiger partial charge in [-0.05, 0) is 6.92 Å². The quantitative estimate of drug-likeness (QED) is 0.704. The van der Waals surface area contributed by atoms with Crippen molar-refractivity contribution < 1.29 is 9.32 Å². The topological polar surface area (TPSA) is 78.9 Å². The predicted molar refractivity (Wildman–Crippen MR) is 40.1 cm³/mol. The van der Waals surface area contributed by atoms with E-state index in [2.05, 4.69) is 15.0 Å². The van der Waals surface area contributed by atoms with Gasteiger partial charge in [0.1, 0.15) is 12.7 Å². The number of hydrogen-bond acceptors (Lipinski definition) is 4. The molecular formula is C7H7N3O2. The van der Waals surface area contributed by atoms with Crippen molar-refractivity contribution in [3.63, 3.8) is 0 Å². The van der Waals surface area contributed by atoms with E-state index in [1.54, 1.807) is 13.0 Å². The first kappa shape index (κ1) is 8.27. The number of hydrogen-bond donors (Lipinski definition) is 1. The van der Waals surface area contributed by atoms with E-state index >= 15 is 0 Å². The molecule has 0 unspecified atom stereocenters. The summed E-state index contributed by atoms with van der Waals surface area (Å²) in [7, 11) is 0. The fourth-order valence-electron chi connectivity index (χ4n) is 0.655. The van der Waals surface area contributed by atoms with Crippen LogP contribution in [0, 0.1) is 18.3 Å². The summed E-state index contributed by atoms with van der Waals surface area (Å²) in [5.41, 5.74) is 0.737. The van der Waals surface area contributed by atoms with Crippen LogP contribution in [0.5, 0.6) is 0 Å². The minimum atomic E-state index is -0.380. The molecule has 0 spiro atoms. The van der Waals surface area contributed by atoms with Gasteiger partial charge in [-0.1, -0.05) is 5.16 Å². The van der Waals surface area contributed by atoms with Gasteiger partial charge < -0.3 is 9.84 Å². The first-order valence-corrected chi connectivity index (χ1v) is 3.32. The van der Waals surface area contributed by atoms with Crippen molar-refractivity contribution in [3.8, 4) is 6.07 Å². The van der Waals surface area contributed by atoms with Gasteiger partial charge in [0.15, 0.2) is 5.82 Å². The summed E-state index contributed by atoms with van der Waals surface area (Å²) in [4.78, 5) is 10.8. The molecule has 0 aliphatic carbocycles. The van der Waals surface area contributed by atoms with E-state index in [1.807, 2.05) is 0 Å². The highest BCUT2D eigenvalue weighted by molar-refractivity contribution is 5.91. The van der Waals surface area contributed by atoms with E-state index in [1.165, 1.54) is 6.26 Å². The lowest BCUT2D eigenvalue weighted by atomic mass is 10.3. The zero-order valence-corrected chi connectivity index (χ0v) is 6.50. The number of nitriles is 1. The highest BCUT2D eigenvalue weighted by Gasteiger charge is 2.06. The van der Waals surface area contributed by atoms with Crippen LogP contribution in [-0.2, 0) is 4.79 Å². The van der Waals surface area contributed by atoms with E-state index in [-0.39, 0.29) is 12.3 Å². The first-order valence-electron chi connectivity index (χ1n) is 3.32. The summed E-state index contributed by atoms with van der Waals surface area (Å²) in [6.07, 6.45) is 1.24. The molecule has 0 aromatic carbocycles. The van der Waals surface area contributed by atoms with Gasteiger partial charge in [-0.15, -0.1) is 0 Å². The summed E-state index contributed by atoms with van der Waals surface area (Å²) in [5.74, 6) is -0.00949. The normalized spacial score (nSPS) is 9.00. The van der Waals surface area contributed by atoms with Gasteiger partial charge in [-0.2, -0.15) is 5.26 Å². The Bertz CT molecular complexity index is 324. The molecule has 1 heterocycles. The van der Waals surface area contributed by atoms with Crippen LogP contribution in [0.1, 0.15) is 12.0 Å². The molecule has 0 aliphatic heterocycles. The fraction of sp³-hybridized carbons (Fsp3) is 0.286. The zero-order chi connectivity index (χ0) is 8.97. The van der Waals surface area contributed by atoms with Crippen molar-refractivity contribution in [2.24, 2.45) is 0 Å². The molecule has 12 heavy (non-hydrogen) atoms. The highest BCUT2D eigenvalue weighted by Crippen LogP contribution is 2.10. The molecule has 5 nitrogen and oxygen atoms in total. The lowest BCUT2D eigenvalue weighted by Gasteiger charge is -1.95. The number of aryl methyl sites for hydroxylation is 1. The smallest absolute Gasteiger partial charge is 0.239 e. The molecule has 0 saturated carbocycles. The average Bonchev–Trinajstić information content (AvgIpc) is 2.37. The number of amides is 1. The highest BCUT2D eigenvalue weighted by atomic mass is 16.5. The molecule has 0 bridgehead atoms. The summed E-state index contributed by atoms with van der Waals surface area (Å²) in [5, 5.41) is 14.1. The monoisotopic (exact) mass is 165 g/mol. The van der Waals surface area contributed by atoms with Crippen LogP contribution >= 0.6 is 0 Å². The number of nitrogens with zero attached hydrogens (tertiary/aromatic N) is 2. The van der Waals surface area contributed by atoms with Crippen LogP contribution < -0.4 is 5.32 Å². The molecule has 1 N–H and O–H groups in total. The summed E-state index contributed by atoms with van der Waals surface area (Å²) >= 11 is 0. The third kappa shape index (κ3) is 1.83. The first-order chi connectivity index (χ1) is 5.74. The second-order valence-corrected chi connectivity index (χ2v) is 2.23. The van der Waals surface area contributed by atoms with Gasteiger partial charge in [0, 0.05) is 5.56 Å². The van der Waals surface area contributed by atoms with Crippen LogP contribution in [0.3, 0.4) is 0 Å². The Hall–Kier alpha value is -1.83. The van der Waals surface area contributed by atoms with E-state index in [9.17, 15) is 4.79 Å². The van der Waals surface area contributed by atoms with E-state index in [0.717, 1.165) is 5.56 Å². The molecule has 0 aliphatic rings. The van der Waals surface area contributed by atoms with Gasteiger partial charge in [0.25, 0.3) is 0 Å². The second-order valence-electron chi connectivity index (χ2n) is 2.23. The lowest BCUT2D eigenvalue weighted by Crippen LogP contribution is -2.10. The maximum Gasteiger partial charge on any atom is 0.239 e. The lowest BCUT2D eigenvalue weighted by molar-refractivity contribution is -0.115. The van der Waals surface area contributed by atoms with Gasteiger partial charge in [0.05, 0.1) is 6.07 Å². The van der Waals surface area contributed by atoms with Crippen molar-refractivity contribution in [2.75, 3.05) is 5.32 Å². The van der Waals surface area contributed by atoms with Crippen molar-refractivity contribution in [1.29, 1.82) is 5.26 Å². The van der Waals surface area contributed by atoms with Gasteiger partial charge >= 0.3 is 0 Å². The standard InChI is InChI=1S/C7H7N3O2/c1-5-4-12-10-7(5)9-6(11)2-3-8/h4H,2H2,1H3,(H,9,10,11). The number of carbonyl (C=O) groups excluding carboxylic acids is 1. The van der Waals surface area contributed by atoms with Crippen molar-refractivity contribution in [2.45, 2.75) is 13.3 Å². The number of nitrogens with one attached hydrogen (secondary N) is 1. The fourth-order valence-corrected chi connectivity index (χ4v) is 0.655. The molecule has 0 fully saturated rings. The van der Waals surface area contributed by atoms with Crippen molar-refractivity contribution in [1.82, 2.24) is 5.16 Å². The third-order valence-corrected chi connectivity index (χ3v) is 1.24. The predicted octanol–water partition coefficient (Wildman–Crippen LogP) is 0.835. The number of rotatable bonds is 2. The molecule has 1 aromatic rings. The largest absolute Gasteiger partial charge is 0.362 e. The van der Waals surface area contributed by atoms with Crippen LogP contribution in [0.15, 0.2) is 10.8 Å². The molecule has 5 heteroatoms. The summed E-state index contributed by atoms with van der Waals surface area (Å²) in [6, 6.07) is 1.73. The van der Waals surface area contributed by atoms with E-state index in [4.69, 9.17) is 5.26 Å². The molecule has 1 amide bonds. The minimum absolute atomic E-state index is 0.174. The number of anilines is 1. The Labute approximate surface area is 69.0 Å². The van der Waals surface area contributed by atoms with Gasteiger partial charge in [-0.25, -0.2) is 0 Å². The van der Waals surface area contributed by atoms with E-state index in [0.29, 0.717) is 5.82 Å². The SMILES string of the molecule is Cc1conc1NC(=O)CC#N. The maximum atomic E-state index is 10.8. The van der Waals surface area contributed by atoms with E-state index < -0.39 is 0 Å². The third-order valence-electron chi connectivity index (χ3n) is 1.24. The Balaban J connectivity index is 2.59. The molecule has 0 saturated heterocycles. The Morgan fingerprint density at radius 1 is 1.92 bits per heavy atom. The summed E-state index contributed by atoms with van der Waals surface area (Å²) in [6.45, 7) is 1.75. The van der Waals surface area contributed by atoms with Gasteiger partial charge in [-0.3, -0.25) is 4.79 Å². The maximum absolute atomic E-state index is 10.8. The van der Waals surface area contributed by atoms with Crippen LogP contribution in [-0.4, -0.2) is 11.1 Å². The number of carbonyl (C=O) groups is 1. The number of aromatic nitrogens is 1. The molecule has 0 radical (unpaired) electrons. The van der Waals surface area contributed by atoms with Gasteiger partial charge in [0.2, 0.25) is 5.91 Å². The molecule has 1 rings (SSSR count). The van der Waals surface area contributed by atoms with Crippen molar-refractivity contribution in [3.05, 3.63) is 11.8 Å². The Morgan fingerprint density at radius 3 is 3.17 bits per heavy atom. The molecular weight excluding hydrogens is 158 g/mol. The molecule has 0 atom stereocenters. The minimum Gasteiger partial charge on any atom is -0.362 e. The van der Waals surface area contributed by atoms with Crippen LogP contribution in [0.4, 0.5) is 5.82 Å². The van der Waals surface area contributed by atoms with Crippen LogP contribution in [0.2, 0.25) is 0 Å². The zero-order valence-electron chi connectivity index (χ0n) is 6.50.